The second-order valence-electron chi connectivity index (χ2n) is 6.04. The Bertz CT molecular complexity index is 598. The van der Waals surface area contributed by atoms with E-state index in [4.69, 9.17) is 0 Å². The van der Waals surface area contributed by atoms with Crippen LogP contribution in [0.3, 0.4) is 0 Å². The van der Waals surface area contributed by atoms with Gasteiger partial charge >= 0.3 is 0 Å². The van der Waals surface area contributed by atoms with Crippen LogP contribution in [0.2, 0.25) is 0 Å². The monoisotopic (exact) mass is 258 g/mol. The molecule has 2 heterocycles. The maximum atomic E-state index is 13.4. The highest BCUT2D eigenvalue weighted by atomic mass is 19.1. The standard InChI is InChI=1S/C16H19FN2/c17-12-3-4-16-14(8-12)15(9-18-16)13-7-11(13)10-19-5-1-2-6-19/h3-4,8-9,11,13,18H,1-2,5-7,10H2. The number of nitrogens with one attached hydrogen (secondary N) is 1. The predicted molar refractivity (Wildman–Crippen MR) is 74.8 cm³/mol. The van der Waals surface area contributed by atoms with Gasteiger partial charge in [-0.25, -0.2) is 4.39 Å². The molecule has 2 atom stereocenters. The zero-order valence-electron chi connectivity index (χ0n) is 11.0. The van der Waals surface area contributed by atoms with Crippen LogP contribution in [0, 0.1) is 11.7 Å². The van der Waals surface area contributed by atoms with Gasteiger partial charge in [-0.3, -0.25) is 0 Å². The van der Waals surface area contributed by atoms with Crippen LogP contribution < -0.4 is 0 Å². The van der Waals surface area contributed by atoms with Gasteiger partial charge in [0, 0.05) is 23.6 Å². The average Bonchev–Trinajstić information content (AvgIpc) is 2.83. The van der Waals surface area contributed by atoms with E-state index in [-0.39, 0.29) is 5.82 Å². The Balaban J connectivity index is 1.54. The third-order valence-corrected chi connectivity index (χ3v) is 4.69. The van der Waals surface area contributed by atoms with Crippen LogP contribution in [0.25, 0.3) is 10.9 Å². The zero-order valence-corrected chi connectivity index (χ0v) is 11.0. The molecule has 2 aliphatic rings. The molecular formula is C16H19FN2. The Morgan fingerprint density at radius 1 is 1.26 bits per heavy atom. The first-order valence-electron chi connectivity index (χ1n) is 7.30. The van der Waals surface area contributed by atoms with Gasteiger partial charge in [0.05, 0.1) is 0 Å². The van der Waals surface area contributed by atoms with Gasteiger partial charge in [-0.15, -0.1) is 0 Å². The third kappa shape index (κ3) is 2.06. The number of hydrogen-bond donors (Lipinski definition) is 1. The summed E-state index contributed by atoms with van der Waals surface area (Å²) in [5, 5.41) is 1.08. The van der Waals surface area contributed by atoms with Crippen LogP contribution in [0.4, 0.5) is 4.39 Å². The highest BCUT2D eigenvalue weighted by Gasteiger charge is 2.40. The number of benzene rings is 1. The summed E-state index contributed by atoms with van der Waals surface area (Å²) in [7, 11) is 0. The Labute approximate surface area is 112 Å². The van der Waals surface area contributed by atoms with Crippen molar-refractivity contribution < 1.29 is 4.39 Å². The number of hydrogen-bond acceptors (Lipinski definition) is 1. The van der Waals surface area contributed by atoms with Gasteiger partial charge in [-0.2, -0.15) is 0 Å². The second kappa shape index (κ2) is 4.34. The van der Waals surface area contributed by atoms with Crippen molar-refractivity contribution in [3.8, 4) is 0 Å². The third-order valence-electron chi connectivity index (χ3n) is 4.69. The average molecular weight is 258 g/mol. The molecule has 0 radical (unpaired) electrons. The van der Waals surface area contributed by atoms with E-state index in [1.165, 1.54) is 50.5 Å². The van der Waals surface area contributed by atoms with Crippen LogP contribution in [-0.4, -0.2) is 29.5 Å². The highest BCUT2D eigenvalue weighted by molar-refractivity contribution is 5.84. The molecule has 1 N–H and O–H groups in total. The predicted octanol–water partition coefficient (Wildman–Crippen LogP) is 3.51. The molecule has 0 amide bonds. The van der Waals surface area contributed by atoms with E-state index in [0.29, 0.717) is 5.92 Å². The number of likely N-dealkylation sites (tertiary alicyclic amines) is 1. The van der Waals surface area contributed by atoms with Crippen molar-refractivity contribution in [2.24, 2.45) is 5.92 Å². The number of H-pyrrole nitrogens is 1. The molecule has 2 fully saturated rings. The molecule has 19 heavy (non-hydrogen) atoms. The zero-order chi connectivity index (χ0) is 12.8. The summed E-state index contributed by atoms with van der Waals surface area (Å²) in [6.07, 6.45) is 6.06. The van der Waals surface area contributed by atoms with E-state index in [1.807, 2.05) is 6.07 Å². The van der Waals surface area contributed by atoms with Crippen LogP contribution in [-0.2, 0) is 0 Å². The highest BCUT2D eigenvalue weighted by Crippen LogP contribution is 2.50. The van der Waals surface area contributed by atoms with E-state index in [2.05, 4.69) is 16.1 Å². The molecule has 2 nitrogen and oxygen atoms in total. The van der Waals surface area contributed by atoms with Crippen LogP contribution >= 0.6 is 0 Å². The van der Waals surface area contributed by atoms with Gasteiger partial charge in [0.25, 0.3) is 0 Å². The van der Waals surface area contributed by atoms with Crippen molar-refractivity contribution in [1.82, 2.24) is 9.88 Å². The molecule has 2 unspecified atom stereocenters. The molecule has 1 aliphatic heterocycles. The van der Waals surface area contributed by atoms with E-state index in [9.17, 15) is 4.39 Å². The smallest absolute Gasteiger partial charge is 0.123 e. The first kappa shape index (κ1) is 11.5. The molecule has 0 spiro atoms. The molecule has 1 saturated carbocycles. The van der Waals surface area contributed by atoms with E-state index < -0.39 is 0 Å². The number of rotatable bonds is 3. The van der Waals surface area contributed by atoms with Crippen LogP contribution in [0.15, 0.2) is 24.4 Å². The first-order chi connectivity index (χ1) is 9.31. The lowest BCUT2D eigenvalue weighted by Crippen LogP contribution is -2.22. The normalized spacial score (nSPS) is 27.2. The SMILES string of the molecule is Fc1ccc2[nH]cc(C3CC3CN3CCCC3)c2c1. The van der Waals surface area contributed by atoms with E-state index in [0.717, 1.165) is 16.8 Å². The molecular weight excluding hydrogens is 239 g/mol. The summed E-state index contributed by atoms with van der Waals surface area (Å²) in [6.45, 7) is 3.77. The summed E-state index contributed by atoms with van der Waals surface area (Å²) >= 11 is 0. The second-order valence-corrected chi connectivity index (χ2v) is 6.04. The van der Waals surface area contributed by atoms with Crippen LogP contribution in [0.5, 0.6) is 0 Å². The van der Waals surface area contributed by atoms with Crippen molar-refractivity contribution in [2.75, 3.05) is 19.6 Å². The van der Waals surface area contributed by atoms with Gasteiger partial charge < -0.3 is 9.88 Å². The van der Waals surface area contributed by atoms with Crippen molar-refractivity contribution in [2.45, 2.75) is 25.2 Å². The lowest BCUT2D eigenvalue weighted by atomic mass is 10.1. The van der Waals surface area contributed by atoms with Crippen molar-refractivity contribution in [1.29, 1.82) is 0 Å². The maximum absolute atomic E-state index is 13.4. The number of aromatic amines is 1. The number of halogens is 1. The summed E-state index contributed by atoms with van der Waals surface area (Å²) in [4.78, 5) is 5.85. The van der Waals surface area contributed by atoms with Crippen LogP contribution in [0.1, 0.15) is 30.7 Å². The minimum Gasteiger partial charge on any atom is -0.361 e. The Kier molecular flexibility index (Phi) is 2.62. The minimum absolute atomic E-state index is 0.134. The summed E-state index contributed by atoms with van der Waals surface area (Å²) in [5.74, 6) is 1.28. The quantitative estimate of drug-likeness (QED) is 0.892. The molecule has 1 aromatic heterocycles. The Hall–Kier alpha value is -1.35. The van der Waals surface area contributed by atoms with Gasteiger partial charge in [-0.1, -0.05) is 0 Å². The minimum atomic E-state index is -0.134. The molecule has 4 rings (SSSR count). The van der Waals surface area contributed by atoms with Gasteiger partial charge in [-0.05, 0) is 68.0 Å². The van der Waals surface area contributed by atoms with Crippen molar-refractivity contribution in [3.63, 3.8) is 0 Å². The Morgan fingerprint density at radius 2 is 2.11 bits per heavy atom. The largest absolute Gasteiger partial charge is 0.361 e. The molecule has 0 bridgehead atoms. The summed E-state index contributed by atoms with van der Waals surface area (Å²) < 4.78 is 13.4. The van der Waals surface area contributed by atoms with E-state index in [1.54, 1.807) is 6.07 Å². The molecule has 100 valence electrons. The fourth-order valence-corrected chi connectivity index (χ4v) is 3.55. The lowest BCUT2D eigenvalue weighted by Gasteiger charge is -2.13. The molecule has 1 aromatic carbocycles. The lowest BCUT2D eigenvalue weighted by molar-refractivity contribution is 0.322. The topological polar surface area (TPSA) is 19.0 Å². The Morgan fingerprint density at radius 3 is 2.95 bits per heavy atom. The fraction of sp³-hybridized carbons (Fsp3) is 0.500. The number of fused-ring (bicyclic) bond motifs is 1. The molecule has 2 aromatic rings. The van der Waals surface area contributed by atoms with Gasteiger partial charge in [0.1, 0.15) is 5.82 Å². The molecule has 3 heteroatoms. The molecule has 1 saturated heterocycles. The number of aromatic nitrogens is 1. The maximum Gasteiger partial charge on any atom is 0.123 e. The number of nitrogens with zero attached hydrogens (tertiary/aromatic N) is 1. The first-order valence-corrected chi connectivity index (χ1v) is 7.30. The van der Waals surface area contributed by atoms with E-state index >= 15 is 0 Å². The van der Waals surface area contributed by atoms with Gasteiger partial charge in [0.2, 0.25) is 0 Å². The fourth-order valence-electron chi connectivity index (χ4n) is 3.55. The summed E-state index contributed by atoms with van der Waals surface area (Å²) in [6, 6.07) is 5.04. The van der Waals surface area contributed by atoms with Crippen molar-refractivity contribution in [3.05, 3.63) is 35.8 Å². The molecule has 1 aliphatic carbocycles. The van der Waals surface area contributed by atoms with Crippen molar-refractivity contribution >= 4 is 10.9 Å². The van der Waals surface area contributed by atoms with Gasteiger partial charge in [0.15, 0.2) is 0 Å². The summed E-state index contributed by atoms with van der Waals surface area (Å²) in [5.41, 5.74) is 2.38.